The molecule has 0 spiro atoms. The molecular formula is C23H24N4O2S. The zero-order valence-electron chi connectivity index (χ0n) is 16.7. The molecule has 6 nitrogen and oxygen atoms in total. The van der Waals surface area contributed by atoms with Crippen LogP contribution in [0.2, 0.25) is 0 Å². The van der Waals surface area contributed by atoms with E-state index in [0.717, 1.165) is 34.0 Å². The summed E-state index contributed by atoms with van der Waals surface area (Å²) in [6, 6.07) is 16.0. The number of nitrogens with one attached hydrogen (secondary N) is 1. The van der Waals surface area contributed by atoms with E-state index in [-0.39, 0.29) is 24.7 Å². The van der Waals surface area contributed by atoms with E-state index < -0.39 is 0 Å². The number of anilines is 1. The molecular weight excluding hydrogens is 396 g/mol. The van der Waals surface area contributed by atoms with Crippen molar-refractivity contribution < 1.29 is 9.59 Å². The van der Waals surface area contributed by atoms with Gasteiger partial charge in [-0.05, 0) is 23.3 Å². The highest BCUT2D eigenvalue weighted by molar-refractivity contribution is 7.99. The number of hydrogen-bond acceptors (Lipinski definition) is 4. The molecule has 2 amide bonds. The number of imidazole rings is 1. The van der Waals surface area contributed by atoms with Gasteiger partial charge in [0.25, 0.3) is 0 Å². The molecule has 0 saturated carbocycles. The van der Waals surface area contributed by atoms with Gasteiger partial charge in [-0.15, -0.1) is 11.8 Å². The summed E-state index contributed by atoms with van der Waals surface area (Å²) >= 11 is 1.76. The van der Waals surface area contributed by atoms with Crippen LogP contribution in [0.25, 0.3) is 0 Å². The number of benzene rings is 2. The number of fused-ring (bicyclic) bond motifs is 1. The molecule has 3 aromatic rings. The molecule has 1 aliphatic heterocycles. The van der Waals surface area contributed by atoms with Gasteiger partial charge in [-0.3, -0.25) is 9.59 Å². The second kappa shape index (κ2) is 9.63. The van der Waals surface area contributed by atoms with Crippen LogP contribution in [0, 0.1) is 0 Å². The number of para-hydroxylation sites is 1. The summed E-state index contributed by atoms with van der Waals surface area (Å²) in [5, 5.41) is 2.93. The fraction of sp³-hybridized carbons (Fsp3) is 0.261. The van der Waals surface area contributed by atoms with Gasteiger partial charge in [-0.1, -0.05) is 36.4 Å². The topological polar surface area (TPSA) is 67.2 Å². The third-order valence-corrected chi connectivity index (χ3v) is 6.04. The number of amides is 2. The molecule has 0 radical (unpaired) electrons. The second-order valence-corrected chi connectivity index (χ2v) is 8.33. The number of nitrogens with zero attached hydrogens (tertiary/aromatic N) is 3. The molecule has 2 aromatic carbocycles. The van der Waals surface area contributed by atoms with Crippen molar-refractivity contribution in [2.75, 3.05) is 17.2 Å². The van der Waals surface area contributed by atoms with Crippen molar-refractivity contribution in [1.29, 1.82) is 0 Å². The van der Waals surface area contributed by atoms with E-state index in [0.29, 0.717) is 13.1 Å². The van der Waals surface area contributed by atoms with Crippen LogP contribution < -0.4 is 10.2 Å². The van der Waals surface area contributed by atoms with Gasteiger partial charge in [0, 0.05) is 55.5 Å². The van der Waals surface area contributed by atoms with Crippen molar-refractivity contribution in [3.63, 3.8) is 0 Å². The van der Waals surface area contributed by atoms with Gasteiger partial charge in [-0.25, -0.2) is 4.98 Å². The predicted octanol–water partition coefficient (Wildman–Crippen LogP) is 3.47. The van der Waals surface area contributed by atoms with Gasteiger partial charge in [0.15, 0.2) is 0 Å². The average molecular weight is 421 g/mol. The monoisotopic (exact) mass is 420 g/mol. The largest absolute Gasteiger partial charge is 0.352 e. The van der Waals surface area contributed by atoms with E-state index in [1.165, 1.54) is 0 Å². The Balaban J connectivity index is 1.26. The summed E-state index contributed by atoms with van der Waals surface area (Å²) in [5.41, 5.74) is 3.14. The summed E-state index contributed by atoms with van der Waals surface area (Å²) in [5.74, 6) is 0.771. The molecule has 2 heterocycles. The zero-order chi connectivity index (χ0) is 20.8. The van der Waals surface area contributed by atoms with Crippen molar-refractivity contribution in [2.24, 2.45) is 0 Å². The van der Waals surface area contributed by atoms with Gasteiger partial charge in [0.05, 0.1) is 12.0 Å². The maximum atomic E-state index is 12.7. The molecule has 7 heteroatoms. The summed E-state index contributed by atoms with van der Waals surface area (Å²) in [4.78, 5) is 31.9. The van der Waals surface area contributed by atoms with E-state index in [1.807, 2.05) is 47.2 Å². The quantitative estimate of drug-likeness (QED) is 0.636. The fourth-order valence-corrected chi connectivity index (χ4v) is 4.50. The minimum Gasteiger partial charge on any atom is -0.352 e. The van der Waals surface area contributed by atoms with E-state index in [4.69, 9.17) is 0 Å². The minimum atomic E-state index is -0.108. The Morgan fingerprint density at radius 1 is 1.07 bits per heavy atom. The number of hydrogen-bond donors (Lipinski definition) is 1. The minimum absolute atomic E-state index is 0.000212. The lowest BCUT2D eigenvalue weighted by Gasteiger charge is -2.29. The molecule has 4 rings (SSSR count). The lowest BCUT2D eigenvalue weighted by molar-refractivity contribution is -0.125. The molecule has 0 bridgehead atoms. The van der Waals surface area contributed by atoms with Crippen LogP contribution in [0.5, 0.6) is 0 Å². The van der Waals surface area contributed by atoms with Crippen LogP contribution in [0.3, 0.4) is 0 Å². The Morgan fingerprint density at radius 2 is 1.93 bits per heavy atom. The third-order valence-electron chi connectivity index (χ3n) is 5.00. The number of carbonyl (C=O) groups excluding carboxylic acids is 2. The Bertz CT molecular complexity index is 1020. The number of aromatic nitrogens is 2. The molecule has 0 unspecified atom stereocenters. The molecule has 30 heavy (non-hydrogen) atoms. The van der Waals surface area contributed by atoms with E-state index >= 15 is 0 Å². The maximum absolute atomic E-state index is 12.7. The molecule has 1 aromatic heterocycles. The summed E-state index contributed by atoms with van der Waals surface area (Å²) in [6.45, 7) is 1.88. The number of rotatable bonds is 7. The number of carbonyl (C=O) groups is 2. The zero-order valence-corrected chi connectivity index (χ0v) is 17.5. The normalized spacial score (nSPS) is 13.0. The Morgan fingerprint density at radius 3 is 2.80 bits per heavy atom. The first-order chi connectivity index (χ1) is 14.7. The molecule has 1 N–H and O–H groups in total. The van der Waals surface area contributed by atoms with Crippen molar-refractivity contribution in [3.8, 4) is 0 Å². The first kappa shape index (κ1) is 20.2. The predicted molar refractivity (Wildman–Crippen MR) is 118 cm³/mol. The highest BCUT2D eigenvalue weighted by Crippen LogP contribution is 2.34. The van der Waals surface area contributed by atoms with Crippen LogP contribution in [0.4, 0.5) is 5.69 Å². The van der Waals surface area contributed by atoms with Gasteiger partial charge in [-0.2, -0.15) is 0 Å². The van der Waals surface area contributed by atoms with Gasteiger partial charge in [0.1, 0.15) is 0 Å². The first-order valence-corrected chi connectivity index (χ1v) is 11.0. The Labute approximate surface area is 180 Å². The van der Waals surface area contributed by atoms with Gasteiger partial charge < -0.3 is 14.8 Å². The van der Waals surface area contributed by atoms with Crippen LogP contribution in [-0.2, 0) is 22.7 Å². The lowest BCUT2D eigenvalue weighted by Crippen LogP contribution is -2.36. The van der Waals surface area contributed by atoms with E-state index in [9.17, 15) is 9.59 Å². The Kier molecular flexibility index (Phi) is 6.49. The summed E-state index contributed by atoms with van der Waals surface area (Å²) in [6.07, 6.45) is 5.87. The van der Waals surface area contributed by atoms with Crippen LogP contribution >= 0.6 is 11.8 Å². The van der Waals surface area contributed by atoms with Crippen molar-refractivity contribution in [1.82, 2.24) is 14.9 Å². The van der Waals surface area contributed by atoms with Crippen molar-refractivity contribution >= 4 is 29.3 Å². The Hall–Kier alpha value is -3.06. The van der Waals surface area contributed by atoms with E-state index in [2.05, 4.69) is 22.4 Å². The molecule has 0 atom stereocenters. The molecule has 0 fully saturated rings. The molecule has 0 saturated heterocycles. The fourth-order valence-electron chi connectivity index (χ4n) is 3.50. The van der Waals surface area contributed by atoms with Crippen molar-refractivity contribution in [2.45, 2.75) is 30.8 Å². The average Bonchev–Trinajstić information content (AvgIpc) is 3.29. The summed E-state index contributed by atoms with van der Waals surface area (Å²) in [7, 11) is 0. The maximum Gasteiger partial charge on any atom is 0.227 e. The van der Waals surface area contributed by atoms with Crippen LogP contribution in [0.1, 0.15) is 24.0 Å². The first-order valence-electron chi connectivity index (χ1n) is 10.0. The SMILES string of the molecule is O=C(CCC(=O)N1CCSc2ccccc21)NCc1cccc(Cn2ccnc2)c1. The van der Waals surface area contributed by atoms with Gasteiger partial charge >= 0.3 is 0 Å². The second-order valence-electron chi connectivity index (χ2n) is 7.19. The van der Waals surface area contributed by atoms with E-state index in [1.54, 1.807) is 29.2 Å². The standard InChI is InChI=1S/C23H24N4O2S/c28-22(8-9-23(29)27-12-13-30-21-7-2-1-6-20(21)27)25-15-18-4-3-5-19(14-18)16-26-11-10-24-17-26/h1-7,10-11,14,17H,8-9,12-13,15-16H2,(H,25,28). The van der Waals surface area contributed by atoms with Crippen molar-refractivity contribution in [3.05, 3.63) is 78.4 Å². The molecule has 0 aliphatic carbocycles. The number of thioether (sulfide) groups is 1. The smallest absolute Gasteiger partial charge is 0.227 e. The third kappa shape index (κ3) is 5.10. The van der Waals surface area contributed by atoms with Gasteiger partial charge in [0.2, 0.25) is 11.8 Å². The summed E-state index contributed by atoms with van der Waals surface area (Å²) < 4.78 is 2.00. The van der Waals surface area contributed by atoms with Crippen LogP contribution in [-0.4, -0.2) is 33.7 Å². The molecule has 1 aliphatic rings. The molecule has 154 valence electrons. The highest BCUT2D eigenvalue weighted by Gasteiger charge is 2.22. The highest BCUT2D eigenvalue weighted by atomic mass is 32.2. The van der Waals surface area contributed by atoms with Crippen LogP contribution in [0.15, 0.2) is 72.1 Å². The lowest BCUT2D eigenvalue weighted by atomic mass is 10.1.